The molecule has 1 spiro atoms. The molecule has 226 valence electrons. The molecule has 0 aromatic heterocycles. The summed E-state index contributed by atoms with van der Waals surface area (Å²) in [5, 5.41) is 3.13. The SMILES string of the molecule is CC1=C[C@H]2N(c3ccc(C)cc31)[C@H](C(=O)c1ccc(C)cc1)[C@H](C(=O)c1ccc(CC(C)C)cc1)[C@]21C(=O)Nc2ccccc21. The summed E-state index contributed by atoms with van der Waals surface area (Å²) in [6, 6.07) is 27.7. The summed E-state index contributed by atoms with van der Waals surface area (Å²) in [5.74, 6) is -1.10. The molecular formula is C40H38N2O3. The fourth-order valence-electron chi connectivity index (χ4n) is 7.89. The Bertz CT molecular complexity index is 1890. The minimum absolute atomic E-state index is 0.164. The van der Waals surface area contributed by atoms with Gasteiger partial charge in [0.05, 0.1) is 12.0 Å². The highest BCUT2D eigenvalue weighted by Gasteiger charge is 2.70. The predicted octanol–water partition coefficient (Wildman–Crippen LogP) is 7.75. The van der Waals surface area contributed by atoms with Gasteiger partial charge in [-0.2, -0.15) is 0 Å². The van der Waals surface area contributed by atoms with Gasteiger partial charge in [-0.25, -0.2) is 0 Å². The Hall–Kier alpha value is -4.77. The van der Waals surface area contributed by atoms with Gasteiger partial charge < -0.3 is 10.2 Å². The quantitative estimate of drug-likeness (QED) is 0.232. The van der Waals surface area contributed by atoms with Gasteiger partial charge in [0.15, 0.2) is 11.6 Å². The number of carbonyl (C=O) groups excluding carboxylic acids is 3. The van der Waals surface area contributed by atoms with E-state index in [4.69, 9.17) is 0 Å². The molecule has 4 atom stereocenters. The largest absolute Gasteiger partial charge is 0.352 e. The highest BCUT2D eigenvalue weighted by molar-refractivity contribution is 6.18. The van der Waals surface area contributed by atoms with Crippen molar-refractivity contribution in [2.45, 2.75) is 58.5 Å². The number of para-hydroxylation sites is 1. The first kappa shape index (κ1) is 29.0. The number of ketones is 2. The van der Waals surface area contributed by atoms with Crippen molar-refractivity contribution in [3.05, 3.63) is 136 Å². The number of aryl methyl sites for hydroxylation is 2. The summed E-state index contributed by atoms with van der Waals surface area (Å²) in [5.41, 5.74) is 7.38. The van der Waals surface area contributed by atoms with E-state index in [1.807, 2.05) is 91.9 Å². The molecule has 4 aromatic carbocycles. The second kappa shape index (κ2) is 10.7. The Labute approximate surface area is 265 Å². The van der Waals surface area contributed by atoms with Crippen LogP contribution in [0.3, 0.4) is 0 Å². The van der Waals surface area contributed by atoms with Crippen molar-refractivity contribution >= 4 is 34.4 Å². The van der Waals surface area contributed by atoms with Crippen LogP contribution in [-0.2, 0) is 16.6 Å². The number of nitrogens with zero attached hydrogens (tertiary/aromatic N) is 1. The van der Waals surface area contributed by atoms with Crippen molar-refractivity contribution in [1.29, 1.82) is 0 Å². The topological polar surface area (TPSA) is 66.5 Å². The van der Waals surface area contributed by atoms with Gasteiger partial charge in [-0.3, -0.25) is 14.4 Å². The third-order valence-electron chi connectivity index (χ3n) is 9.90. The van der Waals surface area contributed by atoms with Gasteiger partial charge in [-0.15, -0.1) is 0 Å². The van der Waals surface area contributed by atoms with Crippen LogP contribution in [0.25, 0.3) is 5.57 Å². The second-order valence-electron chi connectivity index (χ2n) is 13.4. The van der Waals surface area contributed by atoms with Crippen LogP contribution in [-0.4, -0.2) is 29.6 Å². The molecule has 0 aliphatic carbocycles. The lowest BCUT2D eigenvalue weighted by Gasteiger charge is -2.39. The molecule has 0 unspecified atom stereocenters. The number of fused-ring (bicyclic) bond motifs is 6. The van der Waals surface area contributed by atoms with E-state index >= 15 is 4.79 Å². The maximum Gasteiger partial charge on any atom is 0.238 e. The van der Waals surface area contributed by atoms with E-state index in [0.29, 0.717) is 22.7 Å². The number of anilines is 2. The van der Waals surface area contributed by atoms with Crippen molar-refractivity contribution in [2.75, 3.05) is 10.2 Å². The third kappa shape index (κ3) is 4.40. The number of allylic oxidation sites excluding steroid dienone is 1. The molecule has 1 fully saturated rings. The van der Waals surface area contributed by atoms with E-state index in [9.17, 15) is 9.59 Å². The lowest BCUT2D eigenvalue weighted by molar-refractivity contribution is -0.121. The van der Waals surface area contributed by atoms with Crippen LogP contribution in [0.2, 0.25) is 0 Å². The molecule has 3 heterocycles. The van der Waals surface area contributed by atoms with Crippen LogP contribution < -0.4 is 10.2 Å². The van der Waals surface area contributed by atoms with Gasteiger partial charge in [0.2, 0.25) is 5.91 Å². The molecule has 1 N–H and O–H groups in total. The van der Waals surface area contributed by atoms with Crippen LogP contribution in [0.1, 0.15) is 69.3 Å². The van der Waals surface area contributed by atoms with Gasteiger partial charge in [-0.1, -0.05) is 104 Å². The van der Waals surface area contributed by atoms with E-state index < -0.39 is 23.4 Å². The smallest absolute Gasteiger partial charge is 0.238 e. The average Bonchev–Trinajstić information content (AvgIpc) is 3.49. The van der Waals surface area contributed by atoms with Crippen LogP contribution >= 0.6 is 0 Å². The number of amides is 1. The maximum atomic E-state index is 15.1. The molecule has 5 heteroatoms. The normalized spacial score (nSPS) is 23.0. The van der Waals surface area contributed by atoms with Crippen molar-refractivity contribution in [2.24, 2.45) is 11.8 Å². The molecule has 1 amide bonds. The fourth-order valence-corrected chi connectivity index (χ4v) is 7.89. The Balaban J connectivity index is 1.50. The number of carbonyl (C=O) groups is 3. The number of benzene rings is 4. The Morgan fingerprint density at radius 2 is 1.47 bits per heavy atom. The molecular weight excluding hydrogens is 556 g/mol. The van der Waals surface area contributed by atoms with Gasteiger partial charge in [0.1, 0.15) is 11.5 Å². The van der Waals surface area contributed by atoms with E-state index in [1.165, 1.54) is 0 Å². The maximum absolute atomic E-state index is 15.1. The van der Waals surface area contributed by atoms with Crippen molar-refractivity contribution in [3.8, 4) is 0 Å². The summed E-state index contributed by atoms with van der Waals surface area (Å²) >= 11 is 0. The molecule has 0 bridgehead atoms. The zero-order chi connectivity index (χ0) is 31.6. The molecule has 45 heavy (non-hydrogen) atoms. The highest BCUT2D eigenvalue weighted by Crippen LogP contribution is 2.59. The van der Waals surface area contributed by atoms with E-state index in [-0.39, 0.29) is 17.5 Å². The standard InChI is InChI=1S/C40H38N2O3/c1-23(2)20-27-13-17-28(18-14-27)37(43)35-36(38(44)29-15-10-24(3)11-16-29)42-33-19-12-25(4)21-30(33)26(5)22-34(42)40(35)31-8-6-7-9-32(31)41-39(40)45/h6-19,21-23,34-36H,20H2,1-5H3,(H,41,45)/t34-,35-,36+,40-/m1/s1. The summed E-state index contributed by atoms with van der Waals surface area (Å²) < 4.78 is 0. The average molecular weight is 595 g/mol. The molecule has 4 aromatic rings. The van der Waals surface area contributed by atoms with E-state index in [2.05, 4.69) is 50.1 Å². The molecule has 3 aliphatic rings. The molecule has 7 rings (SSSR count). The second-order valence-corrected chi connectivity index (χ2v) is 13.4. The zero-order valence-corrected chi connectivity index (χ0v) is 26.4. The fraction of sp³-hybridized carbons (Fsp3) is 0.275. The summed E-state index contributed by atoms with van der Waals surface area (Å²) in [7, 11) is 0. The van der Waals surface area contributed by atoms with Crippen LogP contribution in [0.15, 0.2) is 97.1 Å². The zero-order valence-electron chi connectivity index (χ0n) is 26.4. The van der Waals surface area contributed by atoms with Crippen LogP contribution in [0.5, 0.6) is 0 Å². The van der Waals surface area contributed by atoms with Gasteiger partial charge >= 0.3 is 0 Å². The molecule has 0 saturated carbocycles. The lowest BCUT2D eigenvalue weighted by Crippen LogP contribution is -2.51. The molecule has 3 aliphatic heterocycles. The van der Waals surface area contributed by atoms with Crippen molar-refractivity contribution < 1.29 is 14.4 Å². The minimum Gasteiger partial charge on any atom is -0.352 e. The van der Waals surface area contributed by atoms with Crippen LogP contribution in [0.4, 0.5) is 11.4 Å². The first-order valence-electron chi connectivity index (χ1n) is 15.8. The highest BCUT2D eigenvalue weighted by atomic mass is 16.2. The van der Waals surface area contributed by atoms with Gasteiger partial charge in [0, 0.05) is 28.1 Å². The predicted molar refractivity (Wildman–Crippen MR) is 180 cm³/mol. The lowest BCUT2D eigenvalue weighted by atomic mass is 9.64. The molecule has 1 saturated heterocycles. The Morgan fingerprint density at radius 1 is 0.822 bits per heavy atom. The number of rotatable bonds is 6. The third-order valence-corrected chi connectivity index (χ3v) is 9.90. The first-order chi connectivity index (χ1) is 21.6. The number of Topliss-reactive ketones (excluding diaryl/α,β-unsaturated/α-hetero) is 2. The monoisotopic (exact) mass is 594 g/mol. The van der Waals surface area contributed by atoms with Gasteiger partial charge in [0.25, 0.3) is 0 Å². The number of nitrogens with one attached hydrogen (secondary N) is 1. The molecule has 5 nitrogen and oxygen atoms in total. The Kier molecular flexibility index (Phi) is 6.88. The van der Waals surface area contributed by atoms with Gasteiger partial charge in [-0.05, 0) is 68.0 Å². The number of hydrogen-bond acceptors (Lipinski definition) is 4. The van der Waals surface area contributed by atoms with Crippen molar-refractivity contribution in [1.82, 2.24) is 0 Å². The summed E-state index contributed by atoms with van der Waals surface area (Å²) in [6.45, 7) is 10.4. The Morgan fingerprint density at radius 3 is 2.18 bits per heavy atom. The van der Waals surface area contributed by atoms with E-state index in [1.54, 1.807) is 0 Å². The summed E-state index contributed by atoms with van der Waals surface area (Å²) in [4.78, 5) is 46.7. The summed E-state index contributed by atoms with van der Waals surface area (Å²) in [6.07, 6.45) is 3.01. The molecule has 0 radical (unpaired) electrons. The first-order valence-corrected chi connectivity index (χ1v) is 15.8. The van der Waals surface area contributed by atoms with Crippen molar-refractivity contribution in [3.63, 3.8) is 0 Å². The minimum atomic E-state index is -1.32. The number of hydrogen-bond donors (Lipinski definition) is 1. The van der Waals surface area contributed by atoms with E-state index in [0.717, 1.165) is 45.5 Å². The van der Waals surface area contributed by atoms with Crippen LogP contribution in [0, 0.1) is 25.7 Å².